The van der Waals surface area contributed by atoms with Gasteiger partial charge in [-0.25, -0.2) is 4.68 Å². The molecule has 0 bridgehead atoms. The van der Waals surface area contributed by atoms with Crippen molar-refractivity contribution in [2.24, 2.45) is 13.0 Å². The maximum atomic E-state index is 12.4. The van der Waals surface area contributed by atoms with E-state index in [9.17, 15) is 4.79 Å². The van der Waals surface area contributed by atoms with Crippen LogP contribution in [0.3, 0.4) is 0 Å². The summed E-state index contributed by atoms with van der Waals surface area (Å²) in [6.45, 7) is 1.91. The number of aryl methyl sites for hydroxylation is 2. The van der Waals surface area contributed by atoms with Gasteiger partial charge >= 0.3 is 0 Å². The van der Waals surface area contributed by atoms with Crippen molar-refractivity contribution < 1.29 is 4.79 Å². The van der Waals surface area contributed by atoms with Crippen LogP contribution in [0.1, 0.15) is 23.6 Å². The second-order valence-corrected chi connectivity index (χ2v) is 5.85. The quantitative estimate of drug-likeness (QED) is 0.778. The highest BCUT2D eigenvalue weighted by Crippen LogP contribution is 2.48. The zero-order chi connectivity index (χ0) is 15.3. The molecule has 1 aliphatic carbocycles. The maximum Gasteiger partial charge on any atom is 0.229 e. The summed E-state index contributed by atoms with van der Waals surface area (Å²) < 4.78 is 1.71. The molecule has 1 fully saturated rings. The smallest absolute Gasteiger partial charge is 0.229 e. The normalized spacial score (nSPS) is 20.3. The standard InChI is InChI=1S/C16H17N5O/c1-9-13-14(18-19-15(13)21(2)20-9)17-16(22)12-8-11(12)10-6-4-3-5-7-10/h3-7,11-12H,8H2,1-2H3,(H2,17,18,19,22)/t11-,12-/m1/s1. The molecule has 1 aromatic carbocycles. The van der Waals surface area contributed by atoms with E-state index in [2.05, 4.69) is 32.7 Å². The van der Waals surface area contributed by atoms with Gasteiger partial charge in [0.05, 0.1) is 11.1 Å². The van der Waals surface area contributed by atoms with E-state index in [1.54, 1.807) is 4.68 Å². The molecule has 1 saturated carbocycles. The van der Waals surface area contributed by atoms with Gasteiger partial charge in [0.2, 0.25) is 5.91 Å². The Kier molecular flexibility index (Phi) is 2.79. The Labute approximate surface area is 127 Å². The third kappa shape index (κ3) is 1.99. The van der Waals surface area contributed by atoms with Gasteiger partial charge in [-0.3, -0.25) is 9.89 Å². The van der Waals surface area contributed by atoms with Crippen molar-refractivity contribution in [1.82, 2.24) is 20.0 Å². The Hall–Kier alpha value is -2.63. The largest absolute Gasteiger partial charge is 0.310 e. The fraction of sp³-hybridized carbons (Fsp3) is 0.312. The Morgan fingerprint density at radius 3 is 2.91 bits per heavy atom. The highest BCUT2D eigenvalue weighted by molar-refractivity contribution is 6.02. The summed E-state index contributed by atoms with van der Waals surface area (Å²) in [5, 5.41) is 15.3. The van der Waals surface area contributed by atoms with E-state index in [4.69, 9.17) is 0 Å². The summed E-state index contributed by atoms with van der Waals surface area (Å²) in [7, 11) is 1.84. The van der Waals surface area contributed by atoms with E-state index in [1.165, 1.54) is 5.56 Å². The molecular formula is C16H17N5O. The van der Waals surface area contributed by atoms with E-state index in [0.29, 0.717) is 11.7 Å². The van der Waals surface area contributed by atoms with Gasteiger partial charge in [0, 0.05) is 13.0 Å². The lowest BCUT2D eigenvalue weighted by Gasteiger charge is -2.03. The van der Waals surface area contributed by atoms with Crippen LogP contribution in [0, 0.1) is 12.8 Å². The predicted molar refractivity (Wildman–Crippen MR) is 83.5 cm³/mol. The first-order valence-corrected chi connectivity index (χ1v) is 7.38. The van der Waals surface area contributed by atoms with Gasteiger partial charge in [0.1, 0.15) is 5.82 Å². The lowest BCUT2D eigenvalue weighted by Crippen LogP contribution is -2.15. The number of fused-ring (bicyclic) bond motifs is 1. The monoisotopic (exact) mass is 295 g/mol. The first kappa shape index (κ1) is 13.1. The summed E-state index contributed by atoms with van der Waals surface area (Å²) in [4.78, 5) is 12.4. The van der Waals surface area contributed by atoms with Crippen molar-refractivity contribution in [3.05, 3.63) is 41.6 Å². The Bertz CT molecular complexity index is 848. The average Bonchev–Trinajstić information content (AvgIpc) is 3.14. The molecule has 4 rings (SSSR count). The number of hydrogen-bond acceptors (Lipinski definition) is 3. The van der Waals surface area contributed by atoms with Gasteiger partial charge in [-0.05, 0) is 24.8 Å². The molecular weight excluding hydrogens is 278 g/mol. The van der Waals surface area contributed by atoms with Crippen LogP contribution in [0.25, 0.3) is 11.0 Å². The number of benzene rings is 1. The number of anilines is 1. The molecule has 3 aromatic rings. The van der Waals surface area contributed by atoms with E-state index in [1.807, 2.05) is 32.2 Å². The van der Waals surface area contributed by atoms with Crippen LogP contribution in [-0.2, 0) is 11.8 Å². The SMILES string of the molecule is Cc1nn(C)c2n[nH]c(NC(=O)[C@@H]3C[C@@H]3c3ccccc3)c12. The van der Waals surface area contributed by atoms with Crippen molar-refractivity contribution in [3.8, 4) is 0 Å². The van der Waals surface area contributed by atoms with Crippen LogP contribution in [-0.4, -0.2) is 25.9 Å². The zero-order valence-electron chi connectivity index (χ0n) is 12.5. The topological polar surface area (TPSA) is 75.6 Å². The summed E-state index contributed by atoms with van der Waals surface area (Å²) >= 11 is 0. The van der Waals surface area contributed by atoms with Crippen molar-refractivity contribution in [1.29, 1.82) is 0 Å². The molecule has 2 heterocycles. The molecule has 22 heavy (non-hydrogen) atoms. The van der Waals surface area contributed by atoms with Crippen molar-refractivity contribution >= 4 is 22.8 Å². The van der Waals surface area contributed by atoms with E-state index in [-0.39, 0.29) is 11.8 Å². The minimum Gasteiger partial charge on any atom is -0.310 e. The molecule has 2 N–H and O–H groups in total. The predicted octanol–water partition coefficient (Wildman–Crippen LogP) is 2.35. The number of aromatic amines is 1. The molecule has 0 spiro atoms. The number of nitrogens with one attached hydrogen (secondary N) is 2. The molecule has 6 heteroatoms. The van der Waals surface area contributed by atoms with Gasteiger partial charge in [0.25, 0.3) is 0 Å². The summed E-state index contributed by atoms with van der Waals surface area (Å²) in [6.07, 6.45) is 0.902. The number of hydrogen-bond donors (Lipinski definition) is 2. The number of aromatic nitrogens is 4. The number of carbonyl (C=O) groups is 1. The van der Waals surface area contributed by atoms with Crippen LogP contribution in [0.5, 0.6) is 0 Å². The van der Waals surface area contributed by atoms with E-state index in [0.717, 1.165) is 23.1 Å². The third-order valence-electron chi connectivity index (χ3n) is 4.32. The van der Waals surface area contributed by atoms with Crippen LogP contribution in [0.15, 0.2) is 30.3 Å². The van der Waals surface area contributed by atoms with Crippen LogP contribution < -0.4 is 5.32 Å². The zero-order valence-corrected chi connectivity index (χ0v) is 12.5. The van der Waals surface area contributed by atoms with Crippen molar-refractivity contribution in [2.45, 2.75) is 19.3 Å². The molecule has 1 aliphatic rings. The molecule has 0 aliphatic heterocycles. The fourth-order valence-electron chi connectivity index (χ4n) is 3.09. The molecule has 0 unspecified atom stereocenters. The Morgan fingerprint density at radius 1 is 1.36 bits per heavy atom. The first-order chi connectivity index (χ1) is 10.6. The summed E-state index contributed by atoms with van der Waals surface area (Å²) in [5.74, 6) is 1.05. The third-order valence-corrected chi connectivity index (χ3v) is 4.32. The minimum absolute atomic E-state index is 0.0396. The molecule has 1 amide bonds. The number of H-pyrrole nitrogens is 1. The van der Waals surface area contributed by atoms with Crippen molar-refractivity contribution in [2.75, 3.05) is 5.32 Å². The molecule has 0 saturated heterocycles. The number of amides is 1. The number of nitrogens with zero attached hydrogens (tertiary/aromatic N) is 3. The van der Waals surface area contributed by atoms with Crippen LogP contribution in [0.2, 0.25) is 0 Å². The van der Waals surface area contributed by atoms with Gasteiger partial charge < -0.3 is 5.32 Å². The van der Waals surface area contributed by atoms with Gasteiger partial charge in [0.15, 0.2) is 5.65 Å². The molecule has 6 nitrogen and oxygen atoms in total. The van der Waals surface area contributed by atoms with Crippen molar-refractivity contribution in [3.63, 3.8) is 0 Å². The van der Waals surface area contributed by atoms with Crippen LogP contribution in [0.4, 0.5) is 5.82 Å². The highest BCUT2D eigenvalue weighted by atomic mass is 16.2. The highest BCUT2D eigenvalue weighted by Gasteiger charge is 2.44. The lowest BCUT2D eigenvalue weighted by molar-refractivity contribution is -0.117. The second-order valence-electron chi connectivity index (χ2n) is 5.85. The fourth-order valence-corrected chi connectivity index (χ4v) is 3.09. The summed E-state index contributed by atoms with van der Waals surface area (Å²) in [6, 6.07) is 10.2. The Balaban J connectivity index is 1.53. The lowest BCUT2D eigenvalue weighted by atomic mass is 10.1. The minimum atomic E-state index is 0.0396. The van der Waals surface area contributed by atoms with Gasteiger partial charge in [-0.2, -0.15) is 10.2 Å². The van der Waals surface area contributed by atoms with E-state index >= 15 is 0 Å². The second kappa shape index (κ2) is 4.69. The Morgan fingerprint density at radius 2 is 2.14 bits per heavy atom. The molecule has 2 atom stereocenters. The van der Waals surface area contributed by atoms with Gasteiger partial charge in [-0.1, -0.05) is 30.3 Å². The first-order valence-electron chi connectivity index (χ1n) is 7.38. The molecule has 0 radical (unpaired) electrons. The van der Waals surface area contributed by atoms with Crippen LogP contribution >= 0.6 is 0 Å². The maximum absolute atomic E-state index is 12.4. The van der Waals surface area contributed by atoms with E-state index < -0.39 is 0 Å². The number of rotatable bonds is 3. The average molecular weight is 295 g/mol. The summed E-state index contributed by atoms with van der Waals surface area (Å²) in [5.41, 5.74) is 2.84. The molecule has 2 aromatic heterocycles. The van der Waals surface area contributed by atoms with Gasteiger partial charge in [-0.15, -0.1) is 0 Å². The number of carbonyl (C=O) groups excluding carboxylic acids is 1. The molecule has 112 valence electrons.